The average molecular weight is 467 g/mol. The first-order valence-electron chi connectivity index (χ1n) is 11.1. The van der Waals surface area contributed by atoms with Gasteiger partial charge in [0.15, 0.2) is 0 Å². The number of amides is 2. The van der Waals surface area contributed by atoms with Crippen LogP contribution < -0.4 is 15.5 Å². The number of carbonyl (C=O) groups excluding carboxylic acids is 2. The van der Waals surface area contributed by atoms with E-state index < -0.39 is 11.8 Å². The van der Waals surface area contributed by atoms with Crippen molar-refractivity contribution in [3.8, 4) is 17.2 Å². The van der Waals surface area contributed by atoms with E-state index in [0.29, 0.717) is 17.2 Å². The number of hydrogen-bond donors (Lipinski definition) is 2. The molecule has 0 aliphatic heterocycles. The standard InChI is InChI=1S/C28H26N4O3/c1-19-9-13-24(14-10-19)32-20(2)17-22(21(32)3)18-29-31-28(34)27(33)30-23-11-15-26(16-12-23)35-25-7-5-4-6-8-25/h4-18H,1-3H3,(H,30,33)(H,31,34)/b29-18-. The van der Waals surface area contributed by atoms with Crippen LogP contribution in [0.25, 0.3) is 5.69 Å². The third kappa shape index (κ3) is 5.83. The fourth-order valence-corrected chi connectivity index (χ4v) is 3.64. The van der Waals surface area contributed by atoms with Gasteiger partial charge in [0.1, 0.15) is 11.5 Å². The Kier molecular flexibility index (Phi) is 7.07. The van der Waals surface area contributed by atoms with Gasteiger partial charge >= 0.3 is 11.8 Å². The zero-order valence-corrected chi connectivity index (χ0v) is 19.8. The van der Waals surface area contributed by atoms with Crippen molar-refractivity contribution in [3.05, 3.63) is 107 Å². The van der Waals surface area contributed by atoms with Crippen LogP contribution in [0.3, 0.4) is 0 Å². The van der Waals surface area contributed by atoms with Crippen molar-refractivity contribution in [1.29, 1.82) is 0 Å². The first-order valence-corrected chi connectivity index (χ1v) is 11.1. The number of anilines is 1. The summed E-state index contributed by atoms with van der Waals surface area (Å²) in [4.78, 5) is 24.4. The Morgan fingerprint density at radius 2 is 1.49 bits per heavy atom. The van der Waals surface area contributed by atoms with Crippen LogP contribution >= 0.6 is 0 Å². The summed E-state index contributed by atoms with van der Waals surface area (Å²) < 4.78 is 7.83. The molecule has 0 saturated heterocycles. The minimum Gasteiger partial charge on any atom is -0.457 e. The van der Waals surface area contributed by atoms with Crippen molar-refractivity contribution in [1.82, 2.24) is 9.99 Å². The fraction of sp³-hybridized carbons (Fsp3) is 0.107. The van der Waals surface area contributed by atoms with Gasteiger partial charge in [0.25, 0.3) is 0 Å². The molecule has 35 heavy (non-hydrogen) atoms. The maximum atomic E-state index is 12.2. The number of hydrazone groups is 1. The summed E-state index contributed by atoms with van der Waals surface area (Å²) >= 11 is 0. The molecule has 1 heterocycles. The second kappa shape index (κ2) is 10.5. The molecule has 0 radical (unpaired) electrons. The predicted molar refractivity (Wildman–Crippen MR) is 137 cm³/mol. The average Bonchev–Trinajstić information content (AvgIpc) is 3.14. The number of nitrogens with zero attached hydrogens (tertiary/aromatic N) is 2. The zero-order chi connectivity index (χ0) is 24.8. The van der Waals surface area contributed by atoms with E-state index in [1.807, 2.05) is 57.2 Å². The van der Waals surface area contributed by atoms with Gasteiger partial charge in [0, 0.05) is 28.3 Å². The monoisotopic (exact) mass is 466 g/mol. The molecule has 1 aromatic heterocycles. The smallest absolute Gasteiger partial charge is 0.329 e. The van der Waals surface area contributed by atoms with Crippen molar-refractivity contribution >= 4 is 23.7 Å². The third-order valence-corrected chi connectivity index (χ3v) is 5.43. The van der Waals surface area contributed by atoms with Gasteiger partial charge in [-0.25, -0.2) is 5.43 Å². The molecule has 0 bridgehead atoms. The number of ether oxygens (including phenoxy) is 1. The Morgan fingerprint density at radius 3 is 2.17 bits per heavy atom. The molecule has 3 aromatic carbocycles. The molecule has 2 amide bonds. The maximum absolute atomic E-state index is 12.2. The van der Waals surface area contributed by atoms with Crippen LogP contribution in [-0.4, -0.2) is 22.6 Å². The predicted octanol–water partition coefficient (Wildman–Crippen LogP) is 5.28. The topological polar surface area (TPSA) is 84.7 Å². The number of para-hydroxylation sites is 1. The van der Waals surface area contributed by atoms with Crippen molar-refractivity contribution in [2.24, 2.45) is 5.10 Å². The van der Waals surface area contributed by atoms with E-state index in [-0.39, 0.29) is 0 Å². The van der Waals surface area contributed by atoms with E-state index in [1.165, 1.54) is 11.8 Å². The Balaban J connectivity index is 1.34. The number of benzene rings is 3. The molecule has 0 fully saturated rings. The van der Waals surface area contributed by atoms with E-state index in [2.05, 4.69) is 44.7 Å². The van der Waals surface area contributed by atoms with Crippen molar-refractivity contribution < 1.29 is 14.3 Å². The van der Waals surface area contributed by atoms with Gasteiger partial charge in [-0.2, -0.15) is 5.10 Å². The highest BCUT2D eigenvalue weighted by Crippen LogP contribution is 2.23. The lowest BCUT2D eigenvalue weighted by Gasteiger charge is -2.09. The van der Waals surface area contributed by atoms with Gasteiger partial charge in [-0.1, -0.05) is 35.9 Å². The summed E-state index contributed by atoms with van der Waals surface area (Å²) in [7, 11) is 0. The van der Waals surface area contributed by atoms with E-state index in [0.717, 1.165) is 22.6 Å². The molecule has 0 aliphatic carbocycles. The Labute approximate surface area is 204 Å². The quantitative estimate of drug-likeness (QED) is 0.230. The molecule has 0 unspecified atom stereocenters. The molecular weight excluding hydrogens is 440 g/mol. The molecule has 0 aliphatic rings. The van der Waals surface area contributed by atoms with E-state index in [4.69, 9.17) is 4.74 Å². The van der Waals surface area contributed by atoms with Gasteiger partial charge in [0.05, 0.1) is 6.21 Å². The molecule has 2 N–H and O–H groups in total. The van der Waals surface area contributed by atoms with Crippen molar-refractivity contribution in [2.45, 2.75) is 20.8 Å². The summed E-state index contributed by atoms with van der Waals surface area (Å²) in [6, 6.07) is 26.3. The van der Waals surface area contributed by atoms with Crippen LogP contribution in [0.1, 0.15) is 22.5 Å². The normalized spacial score (nSPS) is 10.8. The van der Waals surface area contributed by atoms with Gasteiger partial charge in [-0.3, -0.25) is 9.59 Å². The number of nitrogens with one attached hydrogen (secondary N) is 2. The lowest BCUT2D eigenvalue weighted by molar-refractivity contribution is -0.136. The lowest BCUT2D eigenvalue weighted by Crippen LogP contribution is -2.32. The van der Waals surface area contributed by atoms with E-state index >= 15 is 0 Å². The molecule has 7 nitrogen and oxygen atoms in total. The highest BCUT2D eigenvalue weighted by atomic mass is 16.5. The summed E-state index contributed by atoms with van der Waals surface area (Å²) in [6.45, 7) is 6.03. The van der Waals surface area contributed by atoms with Crippen molar-refractivity contribution in [2.75, 3.05) is 5.32 Å². The van der Waals surface area contributed by atoms with Crippen LogP contribution in [0.5, 0.6) is 11.5 Å². The fourth-order valence-electron chi connectivity index (χ4n) is 3.64. The molecule has 0 atom stereocenters. The van der Waals surface area contributed by atoms with Crippen LogP contribution in [-0.2, 0) is 9.59 Å². The molecule has 4 aromatic rings. The van der Waals surface area contributed by atoms with Gasteiger partial charge in [0.2, 0.25) is 0 Å². The van der Waals surface area contributed by atoms with Crippen LogP contribution in [0.4, 0.5) is 5.69 Å². The first-order chi connectivity index (χ1) is 16.9. The summed E-state index contributed by atoms with van der Waals surface area (Å²) in [5.74, 6) is -0.352. The number of hydrogen-bond acceptors (Lipinski definition) is 4. The maximum Gasteiger partial charge on any atom is 0.329 e. The second-order valence-corrected chi connectivity index (χ2v) is 8.09. The van der Waals surface area contributed by atoms with E-state index in [1.54, 1.807) is 24.3 Å². The van der Waals surface area contributed by atoms with Crippen LogP contribution in [0.15, 0.2) is 90.0 Å². The number of aryl methyl sites for hydroxylation is 2. The highest BCUT2D eigenvalue weighted by Gasteiger charge is 2.14. The summed E-state index contributed by atoms with van der Waals surface area (Å²) in [5, 5.41) is 6.52. The first kappa shape index (κ1) is 23.5. The lowest BCUT2D eigenvalue weighted by atomic mass is 10.2. The highest BCUT2D eigenvalue weighted by molar-refractivity contribution is 6.39. The summed E-state index contributed by atoms with van der Waals surface area (Å²) in [5.41, 5.74) is 7.85. The molecule has 176 valence electrons. The van der Waals surface area contributed by atoms with Gasteiger partial charge in [-0.05, 0) is 75.4 Å². The molecule has 0 saturated carbocycles. The Bertz CT molecular complexity index is 1360. The summed E-state index contributed by atoms with van der Waals surface area (Å²) in [6.07, 6.45) is 1.54. The molecule has 7 heteroatoms. The minimum atomic E-state index is -0.863. The van der Waals surface area contributed by atoms with Crippen LogP contribution in [0, 0.1) is 20.8 Å². The molecule has 0 spiro atoms. The zero-order valence-electron chi connectivity index (χ0n) is 19.8. The Morgan fingerprint density at radius 1 is 0.829 bits per heavy atom. The minimum absolute atomic E-state index is 0.469. The number of aromatic nitrogens is 1. The molecular formula is C28H26N4O3. The second-order valence-electron chi connectivity index (χ2n) is 8.09. The SMILES string of the molecule is Cc1ccc(-n2c(C)cc(/C=N\NC(=O)C(=O)Nc3ccc(Oc4ccccc4)cc3)c2C)cc1. The van der Waals surface area contributed by atoms with Crippen molar-refractivity contribution in [3.63, 3.8) is 0 Å². The third-order valence-electron chi connectivity index (χ3n) is 5.43. The van der Waals surface area contributed by atoms with Gasteiger partial charge < -0.3 is 14.6 Å². The van der Waals surface area contributed by atoms with Crippen LogP contribution in [0.2, 0.25) is 0 Å². The molecule has 4 rings (SSSR count). The number of rotatable bonds is 6. The van der Waals surface area contributed by atoms with Gasteiger partial charge in [-0.15, -0.1) is 0 Å². The van der Waals surface area contributed by atoms with E-state index in [9.17, 15) is 9.59 Å². The largest absolute Gasteiger partial charge is 0.457 e. The Hall–Kier alpha value is -4.65. The number of carbonyl (C=O) groups is 2.